The Kier molecular flexibility index (Phi) is 5.42. The van der Waals surface area contributed by atoms with E-state index in [1.165, 1.54) is 12.8 Å². The minimum Gasteiger partial charge on any atom is -0.389 e. The lowest BCUT2D eigenvalue weighted by Crippen LogP contribution is -2.46. The van der Waals surface area contributed by atoms with Gasteiger partial charge in [-0.05, 0) is 31.6 Å². The molecule has 4 nitrogen and oxygen atoms in total. The maximum absolute atomic E-state index is 10.4. The van der Waals surface area contributed by atoms with Crippen molar-refractivity contribution in [1.29, 1.82) is 0 Å². The largest absolute Gasteiger partial charge is 0.389 e. The Morgan fingerprint density at radius 3 is 2.61 bits per heavy atom. The lowest BCUT2D eigenvalue weighted by Gasteiger charge is -2.35. The van der Waals surface area contributed by atoms with Crippen LogP contribution in [0.15, 0.2) is 0 Å². The second-order valence-corrected chi connectivity index (χ2v) is 6.04. The van der Waals surface area contributed by atoms with Gasteiger partial charge in [-0.1, -0.05) is 6.92 Å². The number of hydrogen-bond donors (Lipinski definition) is 2. The average Bonchev–Trinajstić information content (AvgIpc) is 2.40. The molecule has 0 aromatic carbocycles. The van der Waals surface area contributed by atoms with Gasteiger partial charge in [0, 0.05) is 32.7 Å². The van der Waals surface area contributed by atoms with Crippen LogP contribution in [0.25, 0.3) is 0 Å². The maximum Gasteiger partial charge on any atom is 0.0771 e. The predicted molar refractivity (Wildman–Crippen MR) is 72.7 cm³/mol. The molecule has 0 aromatic rings. The highest BCUT2D eigenvalue weighted by atomic mass is 16.5. The van der Waals surface area contributed by atoms with E-state index < -0.39 is 5.60 Å². The second kappa shape index (κ2) is 6.85. The molecule has 0 unspecified atom stereocenters. The lowest BCUT2D eigenvalue weighted by molar-refractivity contribution is -0.00732. The predicted octanol–water partition coefficient (Wildman–Crippen LogP) is 0.849. The van der Waals surface area contributed by atoms with Crippen molar-refractivity contribution in [3.05, 3.63) is 0 Å². The fraction of sp³-hybridized carbons (Fsp3) is 1.00. The fourth-order valence-electron chi connectivity index (χ4n) is 2.86. The molecular formula is C14H28N2O2. The maximum atomic E-state index is 10.4. The third-order valence-electron chi connectivity index (χ3n) is 4.37. The van der Waals surface area contributed by atoms with E-state index in [9.17, 15) is 5.11 Å². The van der Waals surface area contributed by atoms with Crippen molar-refractivity contribution in [2.24, 2.45) is 5.92 Å². The smallest absolute Gasteiger partial charge is 0.0771 e. The van der Waals surface area contributed by atoms with Gasteiger partial charge in [-0.3, -0.25) is 4.90 Å². The van der Waals surface area contributed by atoms with Crippen LogP contribution in [0.4, 0.5) is 0 Å². The van der Waals surface area contributed by atoms with E-state index in [1.807, 2.05) is 0 Å². The van der Waals surface area contributed by atoms with Gasteiger partial charge in [0.2, 0.25) is 0 Å². The van der Waals surface area contributed by atoms with Gasteiger partial charge in [-0.2, -0.15) is 0 Å². The fourth-order valence-corrected chi connectivity index (χ4v) is 2.86. The summed E-state index contributed by atoms with van der Waals surface area (Å²) < 4.78 is 5.33. The van der Waals surface area contributed by atoms with Crippen LogP contribution >= 0.6 is 0 Å². The third-order valence-corrected chi connectivity index (χ3v) is 4.37. The van der Waals surface area contributed by atoms with E-state index in [1.54, 1.807) is 0 Å². The molecular weight excluding hydrogens is 228 g/mol. The highest BCUT2D eigenvalue weighted by Crippen LogP contribution is 2.31. The lowest BCUT2D eigenvalue weighted by atomic mass is 9.79. The number of rotatable bonds is 5. The molecule has 0 radical (unpaired) electrons. The molecule has 2 fully saturated rings. The van der Waals surface area contributed by atoms with E-state index in [2.05, 4.69) is 17.1 Å². The van der Waals surface area contributed by atoms with Gasteiger partial charge in [-0.25, -0.2) is 0 Å². The summed E-state index contributed by atoms with van der Waals surface area (Å²) in [7, 11) is 0. The van der Waals surface area contributed by atoms with Crippen LogP contribution in [0.1, 0.15) is 32.6 Å². The van der Waals surface area contributed by atoms with Crippen molar-refractivity contribution in [3.8, 4) is 0 Å². The van der Waals surface area contributed by atoms with Crippen LogP contribution in [0.3, 0.4) is 0 Å². The molecule has 2 N–H and O–H groups in total. The molecule has 0 bridgehead atoms. The Bertz CT molecular complexity index is 234. The van der Waals surface area contributed by atoms with Crippen LogP contribution in [0, 0.1) is 5.92 Å². The van der Waals surface area contributed by atoms with E-state index in [-0.39, 0.29) is 0 Å². The first-order valence-electron chi connectivity index (χ1n) is 7.41. The summed E-state index contributed by atoms with van der Waals surface area (Å²) >= 11 is 0. The number of ether oxygens (including phenoxy) is 1. The number of hydrogen-bond acceptors (Lipinski definition) is 4. The first-order valence-corrected chi connectivity index (χ1v) is 7.41. The van der Waals surface area contributed by atoms with E-state index in [0.29, 0.717) is 0 Å². The Hall–Kier alpha value is -0.160. The monoisotopic (exact) mass is 256 g/mol. The molecule has 0 spiro atoms. The Morgan fingerprint density at radius 1 is 1.28 bits per heavy atom. The summed E-state index contributed by atoms with van der Waals surface area (Å²) in [6.07, 6.45) is 4.25. The molecule has 4 heteroatoms. The van der Waals surface area contributed by atoms with Crippen LogP contribution < -0.4 is 5.32 Å². The zero-order valence-corrected chi connectivity index (χ0v) is 11.7. The number of nitrogens with zero attached hydrogens (tertiary/aromatic N) is 1. The average molecular weight is 256 g/mol. The molecule has 1 heterocycles. The topological polar surface area (TPSA) is 44.7 Å². The summed E-state index contributed by atoms with van der Waals surface area (Å²) in [5.41, 5.74) is -0.447. The van der Waals surface area contributed by atoms with Gasteiger partial charge in [0.15, 0.2) is 0 Å². The van der Waals surface area contributed by atoms with Crippen LogP contribution in [0.2, 0.25) is 0 Å². The second-order valence-electron chi connectivity index (χ2n) is 6.04. The summed E-state index contributed by atoms with van der Waals surface area (Å²) in [5, 5.41) is 13.9. The van der Waals surface area contributed by atoms with Gasteiger partial charge < -0.3 is 15.2 Å². The van der Waals surface area contributed by atoms with Crippen LogP contribution in [0.5, 0.6) is 0 Å². The third kappa shape index (κ3) is 4.50. The molecule has 0 amide bonds. The van der Waals surface area contributed by atoms with Crippen molar-refractivity contribution >= 4 is 0 Å². The zero-order chi connectivity index (χ0) is 12.8. The standard InChI is InChI=1S/C14H28N2O2/c1-13-2-4-14(17,5-3-13)12-15-6-7-16-8-10-18-11-9-16/h13,15,17H,2-12H2,1H3. The van der Waals surface area contributed by atoms with Gasteiger partial charge in [0.1, 0.15) is 0 Å². The van der Waals surface area contributed by atoms with Gasteiger partial charge in [-0.15, -0.1) is 0 Å². The Balaban J connectivity index is 1.57. The minimum absolute atomic E-state index is 0.447. The highest BCUT2D eigenvalue weighted by molar-refractivity contribution is 4.86. The minimum atomic E-state index is -0.447. The van der Waals surface area contributed by atoms with Crippen molar-refractivity contribution in [1.82, 2.24) is 10.2 Å². The molecule has 1 aliphatic heterocycles. The van der Waals surface area contributed by atoms with Crippen molar-refractivity contribution in [2.75, 3.05) is 45.9 Å². The van der Waals surface area contributed by atoms with Crippen molar-refractivity contribution in [3.63, 3.8) is 0 Å². The molecule has 1 aliphatic carbocycles. The van der Waals surface area contributed by atoms with Gasteiger partial charge >= 0.3 is 0 Å². The van der Waals surface area contributed by atoms with Crippen molar-refractivity contribution in [2.45, 2.75) is 38.2 Å². The van der Waals surface area contributed by atoms with E-state index in [0.717, 1.165) is 64.7 Å². The molecule has 2 rings (SSSR count). The number of aliphatic hydroxyl groups is 1. The summed E-state index contributed by atoms with van der Waals surface area (Å²) in [4.78, 5) is 2.42. The molecule has 106 valence electrons. The summed E-state index contributed by atoms with van der Waals surface area (Å²) in [5.74, 6) is 0.790. The van der Waals surface area contributed by atoms with Gasteiger partial charge in [0.25, 0.3) is 0 Å². The van der Waals surface area contributed by atoms with Crippen LogP contribution in [-0.2, 0) is 4.74 Å². The highest BCUT2D eigenvalue weighted by Gasteiger charge is 2.31. The van der Waals surface area contributed by atoms with E-state index in [4.69, 9.17) is 4.74 Å². The Morgan fingerprint density at radius 2 is 1.94 bits per heavy atom. The molecule has 1 saturated carbocycles. The molecule has 0 atom stereocenters. The number of nitrogens with one attached hydrogen (secondary N) is 1. The molecule has 2 aliphatic rings. The summed E-state index contributed by atoms with van der Waals surface area (Å²) in [6, 6.07) is 0. The zero-order valence-electron chi connectivity index (χ0n) is 11.7. The molecule has 0 aromatic heterocycles. The normalized spacial score (nSPS) is 34.7. The first kappa shape index (κ1) is 14.3. The molecule has 1 saturated heterocycles. The molecule has 18 heavy (non-hydrogen) atoms. The van der Waals surface area contributed by atoms with Gasteiger partial charge in [0.05, 0.1) is 18.8 Å². The Labute approximate surface area is 111 Å². The quantitative estimate of drug-likeness (QED) is 0.716. The first-order chi connectivity index (χ1) is 8.68. The SMILES string of the molecule is CC1CCC(O)(CNCCN2CCOCC2)CC1. The summed E-state index contributed by atoms with van der Waals surface area (Å²) in [6.45, 7) is 8.89. The van der Waals surface area contributed by atoms with E-state index >= 15 is 0 Å². The van der Waals surface area contributed by atoms with Crippen LogP contribution in [-0.4, -0.2) is 61.5 Å². The van der Waals surface area contributed by atoms with Crippen molar-refractivity contribution < 1.29 is 9.84 Å². The number of morpholine rings is 1.